The molecule has 0 spiro atoms. The largest absolute Gasteiger partial charge is 0.0649 e. The highest BCUT2D eigenvalue weighted by Gasteiger charge is 2.18. The van der Waals surface area contributed by atoms with Crippen molar-refractivity contribution >= 4 is 0 Å². The van der Waals surface area contributed by atoms with Crippen molar-refractivity contribution in [1.29, 1.82) is 0 Å². The summed E-state index contributed by atoms with van der Waals surface area (Å²) in [6.45, 7) is 11.7. The van der Waals surface area contributed by atoms with E-state index in [2.05, 4.69) is 34.6 Å². The molecule has 0 aromatic carbocycles. The van der Waals surface area contributed by atoms with Crippen LogP contribution in [-0.4, -0.2) is 0 Å². The predicted octanol–water partition coefficient (Wildman–Crippen LogP) is 4.64. The fourth-order valence-electron chi connectivity index (χ4n) is 1.54. The third kappa shape index (κ3) is 4.79. The molecule has 0 amide bonds. The van der Waals surface area contributed by atoms with Crippen molar-refractivity contribution in [3.8, 4) is 0 Å². The molecule has 0 saturated heterocycles. The summed E-state index contributed by atoms with van der Waals surface area (Å²) in [5, 5.41) is 0. The molecule has 0 N–H and O–H groups in total. The van der Waals surface area contributed by atoms with Gasteiger partial charge in [-0.15, -0.1) is 0 Å². The molecule has 12 heavy (non-hydrogen) atoms. The van der Waals surface area contributed by atoms with E-state index >= 15 is 0 Å². The lowest BCUT2D eigenvalue weighted by Crippen LogP contribution is -2.13. The average molecular weight is 170 g/mol. The van der Waals surface area contributed by atoms with Crippen molar-refractivity contribution in [2.75, 3.05) is 0 Å². The molecule has 0 unspecified atom stereocenters. The summed E-state index contributed by atoms with van der Waals surface area (Å²) in [5.41, 5.74) is 0.620. The zero-order valence-electron chi connectivity index (χ0n) is 9.61. The van der Waals surface area contributed by atoms with Gasteiger partial charge in [0.25, 0.3) is 0 Å². The first-order chi connectivity index (χ1) is 5.54. The van der Waals surface area contributed by atoms with Gasteiger partial charge in [0, 0.05) is 0 Å². The van der Waals surface area contributed by atoms with Crippen LogP contribution in [0.3, 0.4) is 0 Å². The molecule has 0 heteroatoms. The Labute approximate surface area is 78.8 Å². The fourth-order valence-corrected chi connectivity index (χ4v) is 1.54. The van der Waals surface area contributed by atoms with Crippen molar-refractivity contribution in [3.63, 3.8) is 0 Å². The molecule has 0 bridgehead atoms. The highest BCUT2D eigenvalue weighted by atomic mass is 14.2. The van der Waals surface area contributed by atoms with Gasteiger partial charge in [0.15, 0.2) is 0 Å². The summed E-state index contributed by atoms with van der Waals surface area (Å²) >= 11 is 0. The molecule has 0 saturated carbocycles. The third-order valence-electron chi connectivity index (χ3n) is 3.27. The van der Waals surface area contributed by atoms with E-state index in [1.54, 1.807) is 0 Å². The topological polar surface area (TPSA) is 0 Å². The highest BCUT2D eigenvalue weighted by molar-refractivity contribution is 4.70. The Hall–Kier alpha value is 0. The van der Waals surface area contributed by atoms with Gasteiger partial charge in [-0.05, 0) is 17.8 Å². The van der Waals surface area contributed by atoms with Gasteiger partial charge in [0.1, 0.15) is 0 Å². The summed E-state index contributed by atoms with van der Waals surface area (Å²) in [6.07, 6.45) is 6.90. The molecule has 0 aliphatic rings. The minimum atomic E-state index is 0.620. The van der Waals surface area contributed by atoms with E-state index in [4.69, 9.17) is 0 Å². The van der Waals surface area contributed by atoms with Crippen LogP contribution in [0.2, 0.25) is 0 Å². The lowest BCUT2D eigenvalue weighted by Gasteiger charge is -2.26. The molecule has 0 radical (unpaired) electrons. The Morgan fingerprint density at radius 1 is 1.08 bits per heavy atom. The van der Waals surface area contributed by atoms with E-state index in [1.807, 2.05) is 0 Å². The van der Waals surface area contributed by atoms with Gasteiger partial charge < -0.3 is 0 Å². The molecular weight excluding hydrogens is 144 g/mol. The summed E-state index contributed by atoms with van der Waals surface area (Å²) < 4.78 is 0. The van der Waals surface area contributed by atoms with Crippen LogP contribution >= 0.6 is 0 Å². The predicted molar refractivity (Wildman–Crippen MR) is 57.4 cm³/mol. The Morgan fingerprint density at radius 2 is 1.58 bits per heavy atom. The van der Waals surface area contributed by atoms with E-state index in [-0.39, 0.29) is 0 Å². The highest BCUT2D eigenvalue weighted by Crippen LogP contribution is 2.31. The van der Waals surface area contributed by atoms with Gasteiger partial charge in [-0.1, -0.05) is 60.3 Å². The summed E-state index contributed by atoms with van der Waals surface area (Å²) in [6, 6.07) is 0. The third-order valence-corrected chi connectivity index (χ3v) is 3.27. The lowest BCUT2D eigenvalue weighted by molar-refractivity contribution is 0.257. The normalized spacial score (nSPS) is 12.5. The van der Waals surface area contributed by atoms with Crippen LogP contribution in [0.4, 0.5) is 0 Å². The van der Waals surface area contributed by atoms with E-state index < -0.39 is 0 Å². The monoisotopic (exact) mass is 170 g/mol. The molecule has 0 atom stereocenters. The van der Waals surface area contributed by atoms with E-state index in [0.717, 1.165) is 5.92 Å². The Morgan fingerprint density at radius 3 is 1.92 bits per heavy atom. The Kier molecular flexibility index (Phi) is 5.61. The second-order valence-corrected chi connectivity index (χ2v) is 4.80. The quantitative estimate of drug-likeness (QED) is 0.545. The zero-order valence-corrected chi connectivity index (χ0v) is 9.61. The average Bonchev–Trinajstić information content (AvgIpc) is 2.03. The van der Waals surface area contributed by atoms with E-state index in [9.17, 15) is 0 Å². The minimum absolute atomic E-state index is 0.620. The van der Waals surface area contributed by atoms with E-state index in [1.165, 1.54) is 32.1 Å². The Bertz CT molecular complexity index is 98.6. The molecule has 74 valence electrons. The van der Waals surface area contributed by atoms with Crippen molar-refractivity contribution in [2.45, 2.75) is 66.7 Å². The van der Waals surface area contributed by atoms with Gasteiger partial charge in [-0.25, -0.2) is 0 Å². The SMILES string of the molecule is CCC(C)(CC)CCCC(C)C. The maximum Gasteiger partial charge on any atom is -0.0331 e. The Balaban J connectivity index is 3.58. The lowest BCUT2D eigenvalue weighted by atomic mass is 9.79. The van der Waals surface area contributed by atoms with Gasteiger partial charge in [0.2, 0.25) is 0 Å². The minimum Gasteiger partial charge on any atom is -0.0649 e. The van der Waals surface area contributed by atoms with Crippen LogP contribution < -0.4 is 0 Å². The second-order valence-electron chi connectivity index (χ2n) is 4.80. The molecular formula is C12H26. The standard InChI is InChI=1S/C12H26/c1-6-12(5,7-2)10-8-9-11(3)4/h11H,6-10H2,1-5H3. The van der Waals surface area contributed by atoms with E-state index in [0.29, 0.717) is 5.41 Å². The zero-order chi connectivity index (χ0) is 9.61. The molecule has 0 heterocycles. The molecule has 0 aliphatic carbocycles. The van der Waals surface area contributed by atoms with Gasteiger partial charge >= 0.3 is 0 Å². The van der Waals surface area contributed by atoms with Crippen LogP contribution in [0, 0.1) is 11.3 Å². The maximum atomic E-state index is 2.42. The van der Waals surface area contributed by atoms with Gasteiger partial charge in [-0.2, -0.15) is 0 Å². The molecule has 0 fully saturated rings. The maximum absolute atomic E-state index is 2.42. The van der Waals surface area contributed by atoms with Crippen LogP contribution in [0.25, 0.3) is 0 Å². The van der Waals surface area contributed by atoms with Crippen molar-refractivity contribution in [1.82, 2.24) is 0 Å². The molecule has 0 aromatic heterocycles. The van der Waals surface area contributed by atoms with Gasteiger partial charge in [-0.3, -0.25) is 0 Å². The van der Waals surface area contributed by atoms with Crippen molar-refractivity contribution in [2.24, 2.45) is 11.3 Å². The summed E-state index contributed by atoms with van der Waals surface area (Å²) in [4.78, 5) is 0. The summed E-state index contributed by atoms with van der Waals surface area (Å²) in [5.74, 6) is 0.878. The van der Waals surface area contributed by atoms with Crippen LogP contribution in [-0.2, 0) is 0 Å². The van der Waals surface area contributed by atoms with Crippen molar-refractivity contribution in [3.05, 3.63) is 0 Å². The first-order valence-electron chi connectivity index (χ1n) is 5.54. The molecule has 0 aromatic rings. The van der Waals surface area contributed by atoms with Crippen LogP contribution in [0.15, 0.2) is 0 Å². The first-order valence-corrected chi connectivity index (χ1v) is 5.54. The van der Waals surface area contributed by atoms with Crippen LogP contribution in [0.5, 0.6) is 0 Å². The molecule has 0 nitrogen and oxygen atoms in total. The number of hydrogen-bond acceptors (Lipinski definition) is 0. The smallest absolute Gasteiger partial charge is 0.0331 e. The molecule has 0 aliphatic heterocycles. The first kappa shape index (κ1) is 12.0. The van der Waals surface area contributed by atoms with Gasteiger partial charge in [0.05, 0.1) is 0 Å². The fraction of sp³-hybridized carbons (Fsp3) is 1.00. The second kappa shape index (κ2) is 5.61. The van der Waals surface area contributed by atoms with Crippen LogP contribution in [0.1, 0.15) is 66.7 Å². The number of rotatable bonds is 6. The van der Waals surface area contributed by atoms with Crippen molar-refractivity contribution < 1.29 is 0 Å². The summed E-state index contributed by atoms with van der Waals surface area (Å²) in [7, 11) is 0. The number of hydrogen-bond donors (Lipinski definition) is 0. The molecule has 0 rings (SSSR count).